The van der Waals surface area contributed by atoms with E-state index in [1.165, 1.54) is 13.2 Å². The number of benzene rings is 1. The Balaban J connectivity index is 2.92. The number of methoxy groups -OCH3 is 1. The summed E-state index contributed by atoms with van der Waals surface area (Å²) >= 11 is 0. The van der Waals surface area contributed by atoms with Crippen LogP contribution in [-0.4, -0.2) is 23.3 Å². The minimum Gasteiger partial charge on any atom is -0.504 e. The maximum absolute atomic E-state index is 13.2. The van der Waals surface area contributed by atoms with Crippen LogP contribution in [0.4, 0.5) is 4.39 Å². The van der Waals surface area contributed by atoms with Crippen LogP contribution in [-0.2, 0) is 11.2 Å². The van der Waals surface area contributed by atoms with Crippen LogP contribution in [0.1, 0.15) is 12.0 Å². The summed E-state index contributed by atoms with van der Waals surface area (Å²) in [4.78, 5) is 10.3. The molecule has 1 aromatic rings. The zero-order valence-electron chi connectivity index (χ0n) is 8.16. The van der Waals surface area contributed by atoms with Gasteiger partial charge in [0.25, 0.3) is 0 Å². The van der Waals surface area contributed by atoms with Crippen molar-refractivity contribution in [1.29, 1.82) is 0 Å². The van der Waals surface area contributed by atoms with Crippen molar-refractivity contribution in [3.8, 4) is 11.5 Å². The largest absolute Gasteiger partial charge is 0.504 e. The van der Waals surface area contributed by atoms with Gasteiger partial charge >= 0.3 is 5.97 Å². The number of ether oxygens (including phenoxy) is 1. The second-order valence-corrected chi connectivity index (χ2v) is 3.01. The van der Waals surface area contributed by atoms with Gasteiger partial charge in [-0.15, -0.1) is 0 Å². The number of hydrogen-bond donors (Lipinski definition) is 2. The van der Waals surface area contributed by atoms with Crippen molar-refractivity contribution < 1.29 is 24.1 Å². The molecule has 0 saturated heterocycles. The molecule has 15 heavy (non-hydrogen) atoms. The summed E-state index contributed by atoms with van der Waals surface area (Å²) in [6.07, 6.45) is -0.0946. The van der Waals surface area contributed by atoms with Gasteiger partial charge in [-0.05, 0) is 18.1 Å². The van der Waals surface area contributed by atoms with Gasteiger partial charge in [-0.2, -0.15) is 0 Å². The van der Waals surface area contributed by atoms with Gasteiger partial charge in [-0.1, -0.05) is 0 Å². The van der Waals surface area contributed by atoms with E-state index < -0.39 is 11.8 Å². The normalized spacial score (nSPS) is 10.0. The number of hydrogen-bond acceptors (Lipinski definition) is 3. The van der Waals surface area contributed by atoms with E-state index in [0.717, 1.165) is 6.07 Å². The Morgan fingerprint density at radius 1 is 1.53 bits per heavy atom. The number of carboxylic acids is 1. The average molecular weight is 214 g/mol. The highest BCUT2D eigenvalue weighted by Gasteiger charge is 2.10. The number of rotatable bonds is 4. The van der Waals surface area contributed by atoms with Crippen molar-refractivity contribution in [3.63, 3.8) is 0 Å². The van der Waals surface area contributed by atoms with Gasteiger partial charge in [-0.25, -0.2) is 4.39 Å². The lowest BCUT2D eigenvalue weighted by atomic mass is 10.1. The number of aryl methyl sites for hydroxylation is 1. The summed E-state index contributed by atoms with van der Waals surface area (Å²) in [6.45, 7) is 0. The zero-order valence-corrected chi connectivity index (χ0v) is 8.16. The molecule has 0 aliphatic carbocycles. The van der Waals surface area contributed by atoms with E-state index in [1.807, 2.05) is 0 Å². The monoisotopic (exact) mass is 214 g/mol. The van der Waals surface area contributed by atoms with Crippen LogP contribution in [0.2, 0.25) is 0 Å². The maximum Gasteiger partial charge on any atom is 0.303 e. The smallest absolute Gasteiger partial charge is 0.303 e. The van der Waals surface area contributed by atoms with Crippen LogP contribution < -0.4 is 4.74 Å². The van der Waals surface area contributed by atoms with E-state index >= 15 is 0 Å². The van der Waals surface area contributed by atoms with E-state index in [2.05, 4.69) is 0 Å². The Hall–Kier alpha value is -1.78. The van der Waals surface area contributed by atoms with E-state index in [-0.39, 0.29) is 29.9 Å². The first-order valence-electron chi connectivity index (χ1n) is 4.31. The molecule has 1 rings (SSSR count). The van der Waals surface area contributed by atoms with Gasteiger partial charge in [0.15, 0.2) is 11.5 Å². The lowest BCUT2D eigenvalue weighted by Gasteiger charge is -2.07. The number of halogens is 1. The van der Waals surface area contributed by atoms with Crippen molar-refractivity contribution >= 4 is 5.97 Å². The molecule has 0 aliphatic rings. The predicted molar refractivity (Wildman–Crippen MR) is 50.6 cm³/mol. The lowest BCUT2D eigenvalue weighted by molar-refractivity contribution is -0.136. The fourth-order valence-electron chi connectivity index (χ4n) is 1.18. The van der Waals surface area contributed by atoms with Gasteiger partial charge in [0.05, 0.1) is 7.11 Å². The highest BCUT2D eigenvalue weighted by molar-refractivity contribution is 5.67. The molecule has 4 nitrogen and oxygen atoms in total. The van der Waals surface area contributed by atoms with E-state index in [0.29, 0.717) is 0 Å². The molecule has 0 radical (unpaired) electrons. The fourth-order valence-corrected chi connectivity index (χ4v) is 1.18. The third-order valence-corrected chi connectivity index (χ3v) is 1.96. The molecule has 82 valence electrons. The number of carboxylic acid groups (broad SMARTS) is 1. The molecular weight excluding hydrogens is 203 g/mol. The standard InChI is InChI=1S/C10H11FO4/c1-15-9-4-6(2-3-10(13)14)7(11)5-8(9)12/h4-5,12H,2-3H2,1H3,(H,13,14). The number of phenolic OH excluding ortho intramolecular Hbond substituents is 1. The summed E-state index contributed by atoms with van der Waals surface area (Å²) in [7, 11) is 1.34. The second kappa shape index (κ2) is 4.63. The molecule has 0 bridgehead atoms. The van der Waals surface area contributed by atoms with Crippen molar-refractivity contribution in [2.45, 2.75) is 12.8 Å². The van der Waals surface area contributed by atoms with Crippen molar-refractivity contribution in [2.24, 2.45) is 0 Å². The Labute approximate surface area is 85.9 Å². The minimum atomic E-state index is -0.999. The van der Waals surface area contributed by atoms with Crippen LogP contribution in [0.5, 0.6) is 11.5 Å². The van der Waals surface area contributed by atoms with Crippen LogP contribution in [0.25, 0.3) is 0 Å². The molecule has 2 N–H and O–H groups in total. The summed E-state index contributed by atoms with van der Waals surface area (Å²) < 4.78 is 18.0. The first kappa shape index (κ1) is 11.3. The molecule has 0 fully saturated rings. The minimum absolute atomic E-state index is 0.0673. The zero-order chi connectivity index (χ0) is 11.4. The Kier molecular flexibility index (Phi) is 3.49. The molecule has 5 heteroatoms. The summed E-state index contributed by atoms with van der Waals surface area (Å²) in [5.74, 6) is -1.79. The first-order valence-corrected chi connectivity index (χ1v) is 4.31. The Morgan fingerprint density at radius 2 is 2.20 bits per heavy atom. The highest BCUT2D eigenvalue weighted by Crippen LogP contribution is 2.29. The van der Waals surface area contributed by atoms with Crippen LogP contribution in [0, 0.1) is 5.82 Å². The summed E-state index contributed by atoms with van der Waals surface area (Å²) in [5.41, 5.74) is 0.215. The first-order chi connectivity index (χ1) is 7.04. The molecule has 1 aromatic carbocycles. The average Bonchev–Trinajstić information content (AvgIpc) is 2.16. The van der Waals surface area contributed by atoms with E-state index in [1.54, 1.807) is 0 Å². The third-order valence-electron chi connectivity index (χ3n) is 1.96. The molecule has 0 unspecified atom stereocenters. The number of aliphatic carboxylic acids is 1. The number of phenols is 1. The van der Waals surface area contributed by atoms with Crippen molar-refractivity contribution in [2.75, 3.05) is 7.11 Å². The molecular formula is C10H11FO4. The fraction of sp³-hybridized carbons (Fsp3) is 0.300. The van der Waals surface area contributed by atoms with Gasteiger partial charge in [0.2, 0.25) is 0 Å². The Bertz CT molecular complexity index is 376. The van der Waals surface area contributed by atoms with Gasteiger partial charge < -0.3 is 14.9 Å². The summed E-state index contributed by atoms with van der Waals surface area (Å²) in [6, 6.07) is 2.21. The predicted octanol–water partition coefficient (Wildman–Crippen LogP) is 1.56. The molecule has 0 amide bonds. The Morgan fingerprint density at radius 3 is 2.73 bits per heavy atom. The van der Waals surface area contributed by atoms with Gasteiger partial charge in [0, 0.05) is 12.5 Å². The lowest BCUT2D eigenvalue weighted by Crippen LogP contribution is -2.00. The molecule has 0 aromatic heterocycles. The quantitative estimate of drug-likeness (QED) is 0.798. The van der Waals surface area contributed by atoms with Crippen LogP contribution in [0.3, 0.4) is 0 Å². The van der Waals surface area contributed by atoms with E-state index in [9.17, 15) is 14.3 Å². The van der Waals surface area contributed by atoms with Crippen LogP contribution in [0.15, 0.2) is 12.1 Å². The molecule has 0 heterocycles. The molecule has 0 atom stereocenters. The highest BCUT2D eigenvalue weighted by atomic mass is 19.1. The van der Waals surface area contributed by atoms with Crippen LogP contribution >= 0.6 is 0 Å². The van der Waals surface area contributed by atoms with Crippen molar-refractivity contribution in [1.82, 2.24) is 0 Å². The molecule has 0 aliphatic heterocycles. The third kappa shape index (κ3) is 2.83. The topological polar surface area (TPSA) is 66.8 Å². The number of aromatic hydroxyl groups is 1. The second-order valence-electron chi connectivity index (χ2n) is 3.01. The molecule has 0 spiro atoms. The number of carbonyl (C=O) groups is 1. The molecule has 0 saturated carbocycles. The SMILES string of the molecule is COc1cc(CCC(=O)O)c(F)cc1O. The maximum atomic E-state index is 13.2. The van der Waals surface area contributed by atoms with Gasteiger partial charge in [-0.3, -0.25) is 4.79 Å². The van der Waals surface area contributed by atoms with Crippen molar-refractivity contribution in [3.05, 3.63) is 23.5 Å². The van der Waals surface area contributed by atoms with E-state index in [4.69, 9.17) is 9.84 Å². The van der Waals surface area contributed by atoms with Gasteiger partial charge in [0.1, 0.15) is 5.82 Å². The summed E-state index contributed by atoms with van der Waals surface area (Å²) in [5, 5.41) is 17.7.